The Balaban J connectivity index is 1.82. The molecule has 0 aliphatic rings. The van der Waals surface area contributed by atoms with Crippen LogP contribution in [0.25, 0.3) is 6.08 Å². The Morgan fingerprint density at radius 3 is 2.38 bits per heavy atom. The SMILES string of the molecule is Nc1ccccc1CNC(=O)/C(=C\c1cccc(F)c1)NC(=O)c1ccccc1. The first-order chi connectivity index (χ1) is 14.0. The highest BCUT2D eigenvalue weighted by Crippen LogP contribution is 2.12. The van der Waals surface area contributed by atoms with Gasteiger partial charge < -0.3 is 16.4 Å². The maximum atomic E-state index is 13.5. The summed E-state index contributed by atoms with van der Waals surface area (Å²) in [4.78, 5) is 25.3. The van der Waals surface area contributed by atoms with E-state index in [2.05, 4.69) is 10.6 Å². The lowest BCUT2D eigenvalue weighted by Gasteiger charge is -2.12. The van der Waals surface area contributed by atoms with E-state index >= 15 is 0 Å². The number of hydrogen-bond acceptors (Lipinski definition) is 3. The van der Waals surface area contributed by atoms with Crippen LogP contribution in [0.2, 0.25) is 0 Å². The predicted molar refractivity (Wildman–Crippen MR) is 111 cm³/mol. The van der Waals surface area contributed by atoms with Crippen molar-refractivity contribution in [3.8, 4) is 0 Å². The fourth-order valence-electron chi connectivity index (χ4n) is 2.67. The number of nitrogen functional groups attached to an aromatic ring is 1. The number of carbonyl (C=O) groups excluding carboxylic acids is 2. The molecule has 4 N–H and O–H groups in total. The van der Waals surface area contributed by atoms with Crippen LogP contribution < -0.4 is 16.4 Å². The first kappa shape index (κ1) is 19.8. The summed E-state index contributed by atoms with van der Waals surface area (Å²) in [6, 6.07) is 21.4. The van der Waals surface area contributed by atoms with Crippen LogP contribution in [0, 0.1) is 5.82 Å². The van der Waals surface area contributed by atoms with Gasteiger partial charge in [0.25, 0.3) is 11.8 Å². The maximum Gasteiger partial charge on any atom is 0.268 e. The number of hydrogen-bond donors (Lipinski definition) is 3. The molecule has 0 aliphatic carbocycles. The van der Waals surface area contributed by atoms with Crippen LogP contribution in [0.3, 0.4) is 0 Å². The summed E-state index contributed by atoms with van der Waals surface area (Å²) in [5, 5.41) is 5.34. The van der Waals surface area contributed by atoms with Gasteiger partial charge in [0, 0.05) is 17.8 Å². The van der Waals surface area contributed by atoms with Crippen LogP contribution in [-0.4, -0.2) is 11.8 Å². The van der Waals surface area contributed by atoms with Crippen molar-refractivity contribution in [2.45, 2.75) is 6.54 Å². The fourth-order valence-corrected chi connectivity index (χ4v) is 2.67. The van der Waals surface area contributed by atoms with Crippen molar-refractivity contribution >= 4 is 23.6 Å². The van der Waals surface area contributed by atoms with Crippen molar-refractivity contribution in [1.82, 2.24) is 10.6 Å². The molecule has 0 saturated carbocycles. The second-order valence-electron chi connectivity index (χ2n) is 6.31. The third-order valence-electron chi connectivity index (χ3n) is 4.18. The Kier molecular flexibility index (Phi) is 6.37. The highest BCUT2D eigenvalue weighted by atomic mass is 19.1. The van der Waals surface area contributed by atoms with E-state index in [1.54, 1.807) is 54.6 Å². The fraction of sp³-hybridized carbons (Fsp3) is 0.0435. The third kappa shape index (κ3) is 5.52. The molecule has 146 valence electrons. The number of nitrogens with one attached hydrogen (secondary N) is 2. The Bertz CT molecular complexity index is 1050. The molecule has 29 heavy (non-hydrogen) atoms. The molecular weight excluding hydrogens is 369 g/mol. The van der Waals surface area contributed by atoms with Gasteiger partial charge in [-0.1, -0.05) is 48.5 Å². The zero-order valence-electron chi connectivity index (χ0n) is 15.6. The van der Waals surface area contributed by atoms with Crippen LogP contribution in [-0.2, 0) is 11.3 Å². The Morgan fingerprint density at radius 1 is 0.931 bits per heavy atom. The number of amides is 2. The van der Waals surface area contributed by atoms with E-state index in [-0.39, 0.29) is 12.2 Å². The minimum Gasteiger partial charge on any atom is -0.398 e. The van der Waals surface area contributed by atoms with E-state index in [1.165, 1.54) is 24.3 Å². The van der Waals surface area contributed by atoms with Crippen LogP contribution in [0.4, 0.5) is 10.1 Å². The molecule has 5 nitrogen and oxygen atoms in total. The third-order valence-corrected chi connectivity index (χ3v) is 4.18. The second kappa shape index (κ2) is 9.32. The Labute approximate surface area is 168 Å². The van der Waals surface area contributed by atoms with Crippen LogP contribution in [0.15, 0.2) is 84.6 Å². The molecule has 3 aromatic carbocycles. The van der Waals surface area contributed by atoms with Crippen molar-refractivity contribution in [2.75, 3.05) is 5.73 Å². The van der Waals surface area contributed by atoms with Gasteiger partial charge in [0.1, 0.15) is 11.5 Å². The molecule has 0 aromatic heterocycles. The van der Waals surface area contributed by atoms with Crippen molar-refractivity contribution in [3.05, 3.63) is 107 Å². The number of nitrogens with two attached hydrogens (primary N) is 1. The molecule has 2 amide bonds. The lowest BCUT2D eigenvalue weighted by Crippen LogP contribution is -2.34. The molecule has 0 atom stereocenters. The van der Waals surface area contributed by atoms with Crippen molar-refractivity contribution in [3.63, 3.8) is 0 Å². The monoisotopic (exact) mass is 389 g/mol. The summed E-state index contributed by atoms with van der Waals surface area (Å²) in [5.41, 5.74) is 8.05. The van der Waals surface area contributed by atoms with Gasteiger partial charge >= 0.3 is 0 Å². The maximum absolute atomic E-state index is 13.5. The molecule has 0 aliphatic heterocycles. The van der Waals surface area contributed by atoms with E-state index in [0.717, 1.165) is 5.56 Å². The molecular formula is C23H20FN3O2. The molecule has 3 rings (SSSR count). The first-order valence-electron chi connectivity index (χ1n) is 8.98. The number of carbonyl (C=O) groups is 2. The highest BCUT2D eigenvalue weighted by molar-refractivity contribution is 6.05. The standard InChI is InChI=1S/C23H20FN3O2/c24-19-11-6-7-16(13-19)14-21(27-22(28)17-8-2-1-3-9-17)23(29)26-15-18-10-4-5-12-20(18)25/h1-14H,15,25H2,(H,26,29)(H,27,28)/b21-14+. The smallest absolute Gasteiger partial charge is 0.268 e. The van der Waals surface area contributed by atoms with Gasteiger partial charge in [-0.15, -0.1) is 0 Å². The van der Waals surface area contributed by atoms with Gasteiger partial charge in [0.2, 0.25) is 0 Å². The Hall–Kier alpha value is -3.93. The molecule has 0 bridgehead atoms. The Morgan fingerprint density at radius 2 is 1.66 bits per heavy atom. The molecule has 0 radical (unpaired) electrons. The number of halogens is 1. The minimum atomic E-state index is -0.512. The highest BCUT2D eigenvalue weighted by Gasteiger charge is 2.15. The van der Waals surface area contributed by atoms with E-state index in [0.29, 0.717) is 16.8 Å². The van der Waals surface area contributed by atoms with E-state index in [4.69, 9.17) is 5.73 Å². The van der Waals surface area contributed by atoms with Crippen molar-refractivity contribution in [2.24, 2.45) is 0 Å². The summed E-state index contributed by atoms with van der Waals surface area (Å²) in [6.45, 7) is 0.188. The van der Waals surface area contributed by atoms with Gasteiger partial charge in [-0.3, -0.25) is 9.59 Å². The van der Waals surface area contributed by atoms with Crippen LogP contribution >= 0.6 is 0 Å². The minimum absolute atomic E-state index is 0.000967. The number of rotatable bonds is 6. The lowest BCUT2D eigenvalue weighted by molar-refractivity contribution is -0.117. The van der Waals surface area contributed by atoms with Crippen molar-refractivity contribution in [1.29, 1.82) is 0 Å². The van der Waals surface area contributed by atoms with Gasteiger partial charge in [0.05, 0.1) is 0 Å². The molecule has 0 unspecified atom stereocenters. The summed E-state index contributed by atoms with van der Waals surface area (Å²) >= 11 is 0. The van der Waals surface area contributed by atoms with Gasteiger partial charge in [-0.25, -0.2) is 4.39 Å². The number of para-hydroxylation sites is 1. The summed E-state index contributed by atoms with van der Waals surface area (Å²) in [6.07, 6.45) is 1.42. The first-order valence-corrected chi connectivity index (χ1v) is 8.98. The van der Waals surface area contributed by atoms with Gasteiger partial charge in [-0.05, 0) is 47.5 Å². The van der Waals surface area contributed by atoms with Crippen molar-refractivity contribution < 1.29 is 14.0 Å². The zero-order valence-corrected chi connectivity index (χ0v) is 15.6. The average Bonchev–Trinajstić information content (AvgIpc) is 2.73. The predicted octanol–water partition coefficient (Wildman–Crippen LogP) is 3.50. The molecule has 0 spiro atoms. The quantitative estimate of drug-likeness (QED) is 0.446. The largest absolute Gasteiger partial charge is 0.398 e. The number of benzene rings is 3. The normalized spacial score (nSPS) is 11.0. The average molecular weight is 389 g/mol. The lowest BCUT2D eigenvalue weighted by atomic mass is 10.1. The van der Waals surface area contributed by atoms with E-state index in [9.17, 15) is 14.0 Å². The summed E-state index contributed by atoms with van der Waals surface area (Å²) in [5.74, 6) is -1.39. The molecule has 0 heterocycles. The number of anilines is 1. The van der Waals surface area contributed by atoms with Gasteiger partial charge in [-0.2, -0.15) is 0 Å². The molecule has 0 fully saturated rings. The van der Waals surface area contributed by atoms with E-state index in [1.807, 2.05) is 6.07 Å². The van der Waals surface area contributed by atoms with Crippen LogP contribution in [0.5, 0.6) is 0 Å². The molecule has 6 heteroatoms. The van der Waals surface area contributed by atoms with Gasteiger partial charge in [0.15, 0.2) is 0 Å². The second-order valence-corrected chi connectivity index (χ2v) is 6.31. The summed E-state index contributed by atoms with van der Waals surface area (Å²) < 4.78 is 13.5. The van der Waals surface area contributed by atoms with E-state index < -0.39 is 17.6 Å². The molecule has 3 aromatic rings. The molecule has 0 saturated heterocycles. The summed E-state index contributed by atoms with van der Waals surface area (Å²) in [7, 11) is 0. The van der Waals surface area contributed by atoms with Crippen LogP contribution in [0.1, 0.15) is 21.5 Å². The topological polar surface area (TPSA) is 84.2 Å². The zero-order chi connectivity index (χ0) is 20.6.